The van der Waals surface area contributed by atoms with Crippen molar-refractivity contribution in [3.05, 3.63) is 0 Å². The quantitative estimate of drug-likeness (QED) is 0.282. The van der Waals surface area contributed by atoms with E-state index in [2.05, 4.69) is 0 Å². The molecule has 0 amide bonds. The van der Waals surface area contributed by atoms with E-state index in [0.717, 1.165) is 0 Å². The Morgan fingerprint density at radius 2 is 0.824 bits per heavy atom. The molecule has 17 heavy (non-hydrogen) atoms. The van der Waals surface area contributed by atoms with Crippen molar-refractivity contribution in [3.8, 4) is 0 Å². The standard InChI is InChI=1S/2C4H12NO.H2O4S/c2*1-5(2,3)6-4;1-5(2,3)4/h2*1-4H3;(H2,1,2,3,4)/q2*+1;/p-2. The van der Waals surface area contributed by atoms with E-state index in [1.165, 1.54) is 0 Å². The highest BCUT2D eigenvalue weighted by molar-refractivity contribution is 7.79. The van der Waals surface area contributed by atoms with Crippen molar-refractivity contribution >= 4 is 10.4 Å². The first-order chi connectivity index (χ1) is 7.12. The molecule has 0 aliphatic carbocycles. The molecule has 0 unspecified atom stereocenters. The van der Waals surface area contributed by atoms with Crippen LogP contribution in [0, 0.1) is 0 Å². The second-order valence-electron chi connectivity index (χ2n) is 4.55. The lowest BCUT2D eigenvalue weighted by molar-refractivity contribution is -1.06. The summed E-state index contributed by atoms with van der Waals surface area (Å²) in [6.07, 6.45) is 0. The zero-order valence-electron chi connectivity index (χ0n) is 11.8. The van der Waals surface area contributed by atoms with E-state index in [4.69, 9.17) is 27.2 Å². The molecule has 9 heteroatoms. The number of nitrogens with zero attached hydrogens (tertiary/aromatic N) is 2. The van der Waals surface area contributed by atoms with E-state index in [1.54, 1.807) is 14.2 Å². The second kappa shape index (κ2) is 8.75. The van der Waals surface area contributed by atoms with Crippen LogP contribution in [0.1, 0.15) is 0 Å². The van der Waals surface area contributed by atoms with E-state index in [1.807, 2.05) is 42.3 Å². The third-order valence-corrected chi connectivity index (χ3v) is 1.10. The summed E-state index contributed by atoms with van der Waals surface area (Å²) in [6, 6.07) is 0. The van der Waals surface area contributed by atoms with E-state index in [9.17, 15) is 0 Å². The predicted octanol–water partition coefficient (Wildman–Crippen LogP) is -0.830. The molecule has 0 N–H and O–H groups in total. The van der Waals surface area contributed by atoms with Crippen LogP contribution in [-0.2, 0) is 20.1 Å². The van der Waals surface area contributed by atoms with Crippen molar-refractivity contribution in [2.45, 2.75) is 0 Å². The predicted molar refractivity (Wildman–Crippen MR) is 60.6 cm³/mol. The molecule has 0 radical (unpaired) electrons. The highest BCUT2D eigenvalue weighted by Crippen LogP contribution is 1.84. The van der Waals surface area contributed by atoms with Crippen LogP contribution in [0.25, 0.3) is 0 Å². The number of hydrogen-bond acceptors (Lipinski definition) is 6. The molecule has 0 rings (SSSR count). The summed E-state index contributed by atoms with van der Waals surface area (Å²) in [5, 5.41) is 0. The summed E-state index contributed by atoms with van der Waals surface area (Å²) in [7, 11) is 9.94. The molecule has 108 valence electrons. The molecule has 0 fully saturated rings. The van der Waals surface area contributed by atoms with Gasteiger partial charge in [0.25, 0.3) is 0 Å². The van der Waals surface area contributed by atoms with Crippen molar-refractivity contribution in [3.63, 3.8) is 0 Å². The Kier molecular flexibility index (Phi) is 11.3. The molecule has 0 saturated carbocycles. The zero-order chi connectivity index (χ0) is 14.9. The molecule has 0 bridgehead atoms. The number of hydroxylamine groups is 6. The first-order valence-electron chi connectivity index (χ1n) is 4.53. The van der Waals surface area contributed by atoms with E-state index in [0.29, 0.717) is 9.29 Å². The molecule has 0 aromatic heterocycles. The van der Waals surface area contributed by atoms with Crippen LogP contribution in [0.5, 0.6) is 0 Å². The van der Waals surface area contributed by atoms with Gasteiger partial charge >= 0.3 is 0 Å². The molecular weight excluding hydrogens is 252 g/mol. The molecule has 0 atom stereocenters. The molecule has 0 aliphatic rings. The summed E-state index contributed by atoms with van der Waals surface area (Å²) >= 11 is 0. The molecule has 0 aromatic carbocycles. The second-order valence-corrected chi connectivity index (χ2v) is 5.37. The maximum Gasteiger partial charge on any atom is 0.0981 e. The summed E-state index contributed by atoms with van der Waals surface area (Å²) in [5.74, 6) is 0. The van der Waals surface area contributed by atoms with Gasteiger partial charge in [-0.05, 0) is 0 Å². The van der Waals surface area contributed by atoms with Crippen molar-refractivity contribution in [1.82, 2.24) is 0 Å². The van der Waals surface area contributed by atoms with Crippen molar-refractivity contribution < 1.29 is 36.5 Å². The summed E-state index contributed by atoms with van der Waals surface area (Å²) < 4.78 is 35.2. The van der Waals surface area contributed by atoms with Gasteiger partial charge in [0, 0.05) is 10.4 Å². The summed E-state index contributed by atoms with van der Waals surface area (Å²) in [6.45, 7) is 0. The fourth-order valence-corrected chi connectivity index (χ4v) is 0. The lowest BCUT2D eigenvalue weighted by Crippen LogP contribution is -2.32. The fourth-order valence-electron chi connectivity index (χ4n) is 0. The van der Waals surface area contributed by atoms with Crippen LogP contribution in [0.15, 0.2) is 0 Å². The van der Waals surface area contributed by atoms with Gasteiger partial charge in [0.1, 0.15) is 0 Å². The average molecular weight is 276 g/mol. The van der Waals surface area contributed by atoms with E-state index in [-0.39, 0.29) is 0 Å². The largest absolute Gasteiger partial charge is 0.759 e. The van der Waals surface area contributed by atoms with Gasteiger partial charge in [-0.25, -0.2) is 9.68 Å². The fraction of sp³-hybridized carbons (Fsp3) is 1.00. The number of hydrogen-bond donors (Lipinski definition) is 0. The third-order valence-electron chi connectivity index (χ3n) is 1.10. The van der Waals surface area contributed by atoms with E-state index < -0.39 is 10.4 Å². The summed E-state index contributed by atoms with van der Waals surface area (Å²) in [4.78, 5) is 9.75. The minimum absolute atomic E-state index is 0.569. The van der Waals surface area contributed by atoms with Gasteiger partial charge in [-0.3, -0.25) is 8.42 Å². The Hall–Kier alpha value is -0.290. The van der Waals surface area contributed by atoms with Crippen molar-refractivity contribution in [2.75, 3.05) is 56.5 Å². The van der Waals surface area contributed by atoms with Gasteiger partial charge in [0.2, 0.25) is 0 Å². The molecule has 0 aliphatic heterocycles. The lowest BCUT2D eigenvalue weighted by Gasteiger charge is -2.17. The summed E-state index contributed by atoms with van der Waals surface area (Å²) in [5.41, 5.74) is 0. The van der Waals surface area contributed by atoms with E-state index >= 15 is 0 Å². The molecular formula is C8H24N2O6S. The van der Waals surface area contributed by atoms with Crippen LogP contribution >= 0.6 is 0 Å². The first kappa shape index (κ1) is 21.9. The van der Waals surface area contributed by atoms with Gasteiger partial charge in [0.15, 0.2) is 0 Å². The van der Waals surface area contributed by atoms with Crippen LogP contribution in [-0.4, -0.2) is 83.3 Å². The van der Waals surface area contributed by atoms with Gasteiger partial charge in [-0.15, -0.1) is 0 Å². The zero-order valence-corrected chi connectivity index (χ0v) is 12.6. The van der Waals surface area contributed by atoms with Crippen LogP contribution in [0.2, 0.25) is 0 Å². The maximum absolute atomic E-state index is 8.52. The van der Waals surface area contributed by atoms with Crippen LogP contribution in [0.3, 0.4) is 0 Å². The number of quaternary nitrogens is 2. The minimum Gasteiger partial charge on any atom is -0.759 e. The van der Waals surface area contributed by atoms with Gasteiger partial charge < -0.3 is 9.11 Å². The Morgan fingerprint density at radius 3 is 0.824 bits per heavy atom. The average Bonchev–Trinajstić information content (AvgIpc) is 2.00. The lowest BCUT2D eigenvalue weighted by atomic mass is 10.9. The third kappa shape index (κ3) is 90.6. The first-order valence-corrected chi connectivity index (χ1v) is 5.86. The molecule has 0 saturated heterocycles. The van der Waals surface area contributed by atoms with Gasteiger partial charge in [-0.2, -0.15) is 9.29 Å². The molecule has 0 aromatic rings. The van der Waals surface area contributed by atoms with Crippen LogP contribution < -0.4 is 0 Å². The highest BCUT2D eigenvalue weighted by atomic mass is 32.3. The maximum atomic E-state index is 8.52. The molecule has 8 nitrogen and oxygen atoms in total. The number of rotatable bonds is 2. The Labute approximate surface area is 104 Å². The Balaban J connectivity index is -0.000000174. The smallest absolute Gasteiger partial charge is 0.0981 e. The van der Waals surface area contributed by atoms with Gasteiger partial charge in [-0.1, -0.05) is 0 Å². The van der Waals surface area contributed by atoms with Crippen molar-refractivity contribution in [2.24, 2.45) is 0 Å². The molecule has 0 spiro atoms. The Bertz CT molecular complexity index is 243. The molecule has 0 heterocycles. The SMILES string of the molecule is CO[N+](C)(C)C.CO[N+](C)(C)C.O=S(=O)([O-])[O-]. The topological polar surface area (TPSA) is 98.7 Å². The normalized spacial score (nSPS) is 11.9. The van der Waals surface area contributed by atoms with Crippen molar-refractivity contribution in [1.29, 1.82) is 0 Å². The Morgan fingerprint density at radius 1 is 0.765 bits per heavy atom. The van der Waals surface area contributed by atoms with Crippen LogP contribution in [0.4, 0.5) is 0 Å². The highest BCUT2D eigenvalue weighted by Gasteiger charge is 2.00. The monoisotopic (exact) mass is 276 g/mol. The van der Waals surface area contributed by atoms with Gasteiger partial charge in [0.05, 0.1) is 56.5 Å². The minimum atomic E-state index is -5.17.